The molecular weight excluding hydrogens is 232 g/mol. The molecule has 2 saturated heterocycles. The minimum absolute atomic E-state index is 0.0382. The van der Waals surface area contributed by atoms with Crippen LogP contribution in [0.25, 0.3) is 0 Å². The lowest BCUT2D eigenvalue weighted by Crippen LogP contribution is -2.43. The Kier molecular flexibility index (Phi) is 5.41. The van der Waals surface area contributed by atoms with Gasteiger partial charge < -0.3 is 19.7 Å². The van der Waals surface area contributed by atoms with Crippen LogP contribution < -0.4 is 5.32 Å². The molecule has 1 amide bonds. The van der Waals surface area contributed by atoms with Gasteiger partial charge in [0, 0.05) is 33.3 Å². The van der Waals surface area contributed by atoms with Crippen molar-refractivity contribution in [1.82, 2.24) is 10.2 Å². The molecule has 2 aliphatic rings. The first-order valence-electron chi connectivity index (χ1n) is 6.89. The van der Waals surface area contributed by atoms with Crippen molar-refractivity contribution in [2.24, 2.45) is 5.92 Å². The number of morpholine rings is 1. The van der Waals surface area contributed by atoms with Crippen LogP contribution in [0.4, 0.5) is 0 Å². The highest BCUT2D eigenvalue weighted by molar-refractivity contribution is 5.76. The molecule has 0 bridgehead atoms. The molecule has 2 aliphatic heterocycles. The SMILES string of the molecule is CN(CC1CCCOC1)C(=O)CC1CNCCO1. The first-order valence-corrected chi connectivity index (χ1v) is 6.89. The Balaban J connectivity index is 1.69. The lowest BCUT2D eigenvalue weighted by atomic mass is 10.0. The normalized spacial score (nSPS) is 28.9. The highest BCUT2D eigenvalue weighted by Gasteiger charge is 2.22. The standard InChI is InChI=1S/C13H24N2O3/c1-15(9-11-3-2-5-17-10-11)13(16)7-12-8-14-4-6-18-12/h11-12,14H,2-10H2,1H3. The quantitative estimate of drug-likeness (QED) is 0.783. The predicted molar refractivity (Wildman–Crippen MR) is 68.4 cm³/mol. The van der Waals surface area contributed by atoms with E-state index in [4.69, 9.17) is 9.47 Å². The fraction of sp³-hybridized carbons (Fsp3) is 0.923. The van der Waals surface area contributed by atoms with Gasteiger partial charge in [-0.05, 0) is 18.8 Å². The summed E-state index contributed by atoms with van der Waals surface area (Å²) in [4.78, 5) is 13.9. The van der Waals surface area contributed by atoms with E-state index in [1.54, 1.807) is 0 Å². The Morgan fingerprint density at radius 2 is 2.33 bits per heavy atom. The maximum absolute atomic E-state index is 12.1. The molecular formula is C13H24N2O3. The molecule has 0 aromatic carbocycles. The van der Waals surface area contributed by atoms with E-state index in [0.717, 1.165) is 39.3 Å². The number of hydrogen-bond donors (Lipinski definition) is 1. The van der Waals surface area contributed by atoms with E-state index in [1.807, 2.05) is 11.9 Å². The molecule has 18 heavy (non-hydrogen) atoms. The Bertz CT molecular complexity index is 261. The molecule has 1 N–H and O–H groups in total. The smallest absolute Gasteiger partial charge is 0.224 e. The number of amides is 1. The lowest BCUT2D eigenvalue weighted by Gasteiger charge is -2.29. The van der Waals surface area contributed by atoms with E-state index < -0.39 is 0 Å². The fourth-order valence-electron chi connectivity index (χ4n) is 2.54. The van der Waals surface area contributed by atoms with Crippen LogP contribution in [-0.4, -0.2) is 63.4 Å². The fourth-order valence-corrected chi connectivity index (χ4v) is 2.54. The minimum Gasteiger partial charge on any atom is -0.381 e. The molecule has 2 rings (SSSR count). The van der Waals surface area contributed by atoms with Gasteiger partial charge >= 0.3 is 0 Å². The summed E-state index contributed by atoms with van der Waals surface area (Å²) in [5.74, 6) is 0.673. The molecule has 0 aromatic heterocycles. The van der Waals surface area contributed by atoms with Crippen LogP contribution in [0.5, 0.6) is 0 Å². The second kappa shape index (κ2) is 7.07. The molecule has 2 unspecified atom stereocenters. The Morgan fingerprint density at radius 3 is 3.00 bits per heavy atom. The zero-order valence-corrected chi connectivity index (χ0v) is 11.2. The first-order chi connectivity index (χ1) is 8.75. The van der Waals surface area contributed by atoms with Gasteiger partial charge in [0.1, 0.15) is 0 Å². The number of hydrogen-bond acceptors (Lipinski definition) is 4. The van der Waals surface area contributed by atoms with Crippen molar-refractivity contribution < 1.29 is 14.3 Å². The highest BCUT2D eigenvalue weighted by atomic mass is 16.5. The molecule has 2 heterocycles. The highest BCUT2D eigenvalue weighted by Crippen LogP contribution is 2.15. The van der Waals surface area contributed by atoms with Crippen LogP contribution in [0, 0.1) is 5.92 Å². The van der Waals surface area contributed by atoms with Gasteiger partial charge in [-0.25, -0.2) is 0 Å². The number of nitrogens with one attached hydrogen (secondary N) is 1. The van der Waals surface area contributed by atoms with E-state index in [9.17, 15) is 4.79 Å². The van der Waals surface area contributed by atoms with E-state index in [-0.39, 0.29) is 12.0 Å². The summed E-state index contributed by atoms with van der Waals surface area (Å²) in [7, 11) is 1.88. The number of carbonyl (C=O) groups excluding carboxylic acids is 1. The van der Waals surface area contributed by atoms with Gasteiger partial charge in [0.2, 0.25) is 5.91 Å². The van der Waals surface area contributed by atoms with Crippen LogP contribution in [0.2, 0.25) is 0 Å². The van der Waals surface area contributed by atoms with Gasteiger partial charge in [0.05, 0.1) is 25.7 Å². The van der Waals surface area contributed by atoms with E-state index in [0.29, 0.717) is 18.9 Å². The number of rotatable bonds is 4. The molecule has 2 fully saturated rings. The van der Waals surface area contributed by atoms with Crippen LogP contribution in [0.1, 0.15) is 19.3 Å². The van der Waals surface area contributed by atoms with Crippen LogP contribution in [0.3, 0.4) is 0 Å². The number of ether oxygens (including phenoxy) is 2. The second-order valence-electron chi connectivity index (χ2n) is 5.26. The summed E-state index contributed by atoms with van der Waals surface area (Å²) >= 11 is 0. The Morgan fingerprint density at radius 1 is 1.44 bits per heavy atom. The van der Waals surface area contributed by atoms with Crippen LogP contribution in [-0.2, 0) is 14.3 Å². The van der Waals surface area contributed by atoms with Crippen LogP contribution >= 0.6 is 0 Å². The van der Waals surface area contributed by atoms with Crippen molar-refractivity contribution in [1.29, 1.82) is 0 Å². The van der Waals surface area contributed by atoms with Gasteiger partial charge in [-0.1, -0.05) is 0 Å². The summed E-state index contributed by atoms with van der Waals surface area (Å²) < 4.78 is 11.0. The van der Waals surface area contributed by atoms with E-state index in [2.05, 4.69) is 5.32 Å². The van der Waals surface area contributed by atoms with Gasteiger partial charge in [-0.3, -0.25) is 4.79 Å². The predicted octanol–water partition coefficient (Wildman–Crippen LogP) is 0.250. The molecule has 0 aromatic rings. The number of nitrogens with zero attached hydrogens (tertiary/aromatic N) is 1. The first kappa shape index (κ1) is 13.8. The summed E-state index contributed by atoms with van der Waals surface area (Å²) in [6, 6.07) is 0. The van der Waals surface area contributed by atoms with Crippen molar-refractivity contribution >= 4 is 5.91 Å². The van der Waals surface area contributed by atoms with E-state index in [1.165, 1.54) is 6.42 Å². The largest absolute Gasteiger partial charge is 0.381 e. The second-order valence-corrected chi connectivity index (χ2v) is 5.26. The zero-order chi connectivity index (χ0) is 12.8. The monoisotopic (exact) mass is 256 g/mol. The number of carbonyl (C=O) groups is 1. The summed E-state index contributed by atoms with van der Waals surface area (Å²) in [6.07, 6.45) is 2.80. The van der Waals surface area contributed by atoms with Crippen molar-refractivity contribution in [3.8, 4) is 0 Å². The average Bonchev–Trinajstić information content (AvgIpc) is 2.41. The Hall–Kier alpha value is -0.650. The molecule has 0 aliphatic carbocycles. The van der Waals surface area contributed by atoms with Crippen molar-refractivity contribution in [2.45, 2.75) is 25.4 Å². The van der Waals surface area contributed by atoms with Gasteiger partial charge in [-0.15, -0.1) is 0 Å². The van der Waals surface area contributed by atoms with Crippen LogP contribution in [0.15, 0.2) is 0 Å². The van der Waals surface area contributed by atoms with Gasteiger partial charge in [0.25, 0.3) is 0 Å². The van der Waals surface area contributed by atoms with Crippen molar-refractivity contribution in [2.75, 3.05) is 46.5 Å². The third-order valence-electron chi connectivity index (χ3n) is 3.62. The molecule has 0 saturated carbocycles. The molecule has 0 radical (unpaired) electrons. The van der Waals surface area contributed by atoms with Gasteiger partial charge in [0.15, 0.2) is 0 Å². The topological polar surface area (TPSA) is 50.8 Å². The maximum Gasteiger partial charge on any atom is 0.224 e. The van der Waals surface area contributed by atoms with Crippen molar-refractivity contribution in [3.63, 3.8) is 0 Å². The van der Waals surface area contributed by atoms with Crippen molar-refractivity contribution in [3.05, 3.63) is 0 Å². The third-order valence-corrected chi connectivity index (χ3v) is 3.62. The Labute approximate surface area is 109 Å². The summed E-state index contributed by atoms with van der Waals surface area (Å²) in [5, 5.41) is 3.24. The average molecular weight is 256 g/mol. The molecule has 0 spiro atoms. The molecule has 5 heteroatoms. The molecule has 104 valence electrons. The maximum atomic E-state index is 12.1. The third kappa shape index (κ3) is 4.23. The molecule has 5 nitrogen and oxygen atoms in total. The minimum atomic E-state index is 0.0382. The van der Waals surface area contributed by atoms with Gasteiger partial charge in [-0.2, -0.15) is 0 Å². The summed E-state index contributed by atoms with van der Waals surface area (Å²) in [5.41, 5.74) is 0. The molecule has 2 atom stereocenters. The zero-order valence-electron chi connectivity index (χ0n) is 11.2. The van der Waals surface area contributed by atoms with E-state index >= 15 is 0 Å². The lowest BCUT2D eigenvalue weighted by molar-refractivity contribution is -0.134. The summed E-state index contributed by atoms with van der Waals surface area (Å²) in [6.45, 7) is 4.85.